The van der Waals surface area contributed by atoms with Crippen LogP contribution in [0.3, 0.4) is 0 Å². The van der Waals surface area contributed by atoms with Gasteiger partial charge in [0.1, 0.15) is 9.88 Å². The molecule has 0 atom stereocenters. The number of fused-ring (bicyclic) bond motifs is 2. The summed E-state index contributed by atoms with van der Waals surface area (Å²) in [5, 5.41) is 0.919. The van der Waals surface area contributed by atoms with Gasteiger partial charge in [-0.2, -0.15) is 0 Å². The first-order chi connectivity index (χ1) is 11.2. The number of nitrogens with two attached hydrogens (primary N) is 1. The van der Waals surface area contributed by atoms with Gasteiger partial charge in [0.25, 0.3) is 5.91 Å². The molecule has 1 aliphatic heterocycles. The summed E-state index contributed by atoms with van der Waals surface area (Å²) >= 11 is 3.18. The molecule has 0 saturated carbocycles. The van der Waals surface area contributed by atoms with E-state index in [1.165, 1.54) is 10.4 Å². The van der Waals surface area contributed by atoms with Crippen LogP contribution in [0.2, 0.25) is 0 Å². The van der Waals surface area contributed by atoms with Gasteiger partial charge in [0.2, 0.25) is 0 Å². The van der Waals surface area contributed by atoms with Gasteiger partial charge in [-0.25, -0.2) is 4.98 Å². The van der Waals surface area contributed by atoms with Crippen molar-refractivity contribution >= 4 is 38.8 Å². The Morgan fingerprint density at radius 1 is 1.35 bits per heavy atom. The minimum atomic E-state index is -0.346. The number of carbonyl (C=O) groups is 1. The number of hydrogen-bond donors (Lipinski definition) is 1. The standard InChI is InChI=1S/C17H17N3OS2/c1-2-20-8-7-10-13(9-20)22-15(16(18)21)14(10)17-19-11-5-3-4-6-12(11)23-17/h3-6H,2,7-9H2,1H3,(H2,18,21). The second-order valence-corrected chi connectivity index (χ2v) is 7.81. The number of nitrogens with zero attached hydrogens (tertiary/aromatic N) is 2. The maximum absolute atomic E-state index is 12.0. The third-order valence-electron chi connectivity index (χ3n) is 4.31. The maximum Gasteiger partial charge on any atom is 0.259 e. The molecule has 2 aromatic heterocycles. The van der Waals surface area contributed by atoms with Crippen LogP contribution in [-0.4, -0.2) is 28.9 Å². The van der Waals surface area contributed by atoms with Gasteiger partial charge in [0.15, 0.2) is 0 Å². The summed E-state index contributed by atoms with van der Waals surface area (Å²) in [4.78, 5) is 21.0. The normalized spacial score (nSPS) is 15.0. The van der Waals surface area contributed by atoms with Gasteiger partial charge in [0.05, 0.1) is 10.2 Å². The Labute approximate surface area is 142 Å². The molecule has 0 fully saturated rings. The van der Waals surface area contributed by atoms with Gasteiger partial charge in [-0.05, 0) is 30.7 Å². The van der Waals surface area contributed by atoms with E-state index in [0.29, 0.717) is 4.88 Å². The Morgan fingerprint density at radius 3 is 2.91 bits per heavy atom. The highest BCUT2D eigenvalue weighted by atomic mass is 32.1. The molecule has 3 heterocycles. The first-order valence-electron chi connectivity index (χ1n) is 7.70. The molecular weight excluding hydrogens is 326 g/mol. The summed E-state index contributed by atoms with van der Waals surface area (Å²) in [5.74, 6) is -0.346. The summed E-state index contributed by atoms with van der Waals surface area (Å²) in [7, 11) is 0. The van der Waals surface area contributed by atoms with Crippen molar-refractivity contribution in [3.05, 3.63) is 39.6 Å². The van der Waals surface area contributed by atoms with E-state index < -0.39 is 0 Å². The molecule has 1 aliphatic rings. The van der Waals surface area contributed by atoms with E-state index in [4.69, 9.17) is 10.7 Å². The van der Waals surface area contributed by atoms with Crippen molar-refractivity contribution in [3.8, 4) is 10.6 Å². The first-order valence-corrected chi connectivity index (χ1v) is 9.33. The van der Waals surface area contributed by atoms with E-state index in [9.17, 15) is 4.79 Å². The largest absolute Gasteiger partial charge is 0.365 e. The Kier molecular flexibility index (Phi) is 3.67. The molecule has 0 radical (unpaired) electrons. The van der Waals surface area contributed by atoms with E-state index in [2.05, 4.69) is 17.9 Å². The number of para-hydroxylation sites is 1. The highest BCUT2D eigenvalue weighted by Crippen LogP contribution is 2.42. The second-order valence-electron chi connectivity index (χ2n) is 5.68. The number of amides is 1. The van der Waals surface area contributed by atoms with E-state index in [1.807, 2.05) is 18.2 Å². The summed E-state index contributed by atoms with van der Waals surface area (Å²) < 4.78 is 1.14. The molecule has 2 N–H and O–H groups in total. The van der Waals surface area contributed by atoms with Crippen LogP contribution in [0.5, 0.6) is 0 Å². The molecule has 0 bridgehead atoms. The van der Waals surface area contributed by atoms with Crippen molar-refractivity contribution in [3.63, 3.8) is 0 Å². The molecule has 0 saturated heterocycles. The highest BCUT2D eigenvalue weighted by Gasteiger charge is 2.28. The summed E-state index contributed by atoms with van der Waals surface area (Å²) in [6.45, 7) is 5.12. The number of thiophene rings is 1. The number of aromatic nitrogens is 1. The molecule has 0 spiro atoms. The lowest BCUT2D eigenvalue weighted by atomic mass is 10.0. The zero-order valence-electron chi connectivity index (χ0n) is 12.8. The lowest BCUT2D eigenvalue weighted by Crippen LogP contribution is -2.29. The zero-order valence-corrected chi connectivity index (χ0v) is 14.5. The molecule has 6 heteroatoms. The molecule has 1 aromatic carbocycles. The quantitative estimate of drug-likeness (QED) is 0.792. The molecule has 23 heavy (non-hydrogen) atoms. The average molecular weight is 343 g/mol. The minimum Gasteiger partial charge on any atom is -0.365 e. The Bertz CT molecular complexity index is 864. The van der Waals surface area contributed by atoms with Crippen LogP contribution in [-0.2, 0) is 13.0 Å². The molecule has 0 aliphatic carbocycles. The SMILES string of the molecule is CCN1CCc2c(sc(C(N)=O)c2-c2nc3ccccc3s2)C1. The van der Waals surface area contributed by atoms with E-state index in [1.54, 1.807) is 22.7 Å². The van der Waals surface area contributed by atoms with Crippen LogP contribution in [0, 0.1) is 0 Å². The second kappa shape index (κ2) is 5.70. The number of likely N-dealkylation sites (N-methyl/N-ethyl adjacent to an activating group) is 1. The van der Waals surface area contributed by atoms with Crippen LogP contribution in [0.25, 0.3) is 20.8 Å². The van der Waals surface area contributed by atoms with Crippen molar-refractivity contribution in [1.29, 1.82) is 0 Å². The van der Waals surface area contributed by atoms with Crippen molar-refractivity contribution in [2.75, 3.05) is 13.1 Å². The first kappa shape index (κ1) is 14.8. The monoisotopic (exact) mass is 343 g/mol. The fourth-order valence-corrected chi connectivity index (χ4v) is 5.46. The third kappa shape index (κ3) is 2.47. The lowest BCUT2D eigenvalue weighted by molar-refractivity contribution is 0.100. The van der Waals surface area contributed by atoms with Gasteiger partial charge in [-0.15, -0.1) is 22.7 Å². The molecule has 118 valence electrons. The smallest absolute Gasteiger partial charge is 0.259 e. The van der Waals surface area contributed by atoms with Crippen LogP contribution in [0.15, 0.2) is 24.3 Å². The fraction of sp³-hybridized carbons (Fsp3) is 0.294. The summed E-state index contributed by atoms with van der Waals surface area (Å²) in [6.07, 6.45) is 0.957. The van der Waals surface area contributed by atoms with Gasteiger partial charge in [-0.3, -0.25) is 9.69 Å². The van der Waals surface area contributed by atoms with Crippen LogP contribution >= 0.6 is 22.7 Å². The van der Waals surface area contributed by atoms with Crippen molar-refractivity contribution in [1.82, 2.24) is 9.88 Å². The predicted molar refractivity (Wildman–Crippen MR) is 96.1 cm³/mol. The van der Waals surface area contributed by atoms with Gasteiger partial charge in [0, 0.05) is 23.5 Å². The lowest BCUT2D eigenvalue weighted by Gasteiger charge is -2.25. The molecule has 4 nitrogen and oxygen atoms in total. The number of rotatable bonds is 3. The predicted octanol–water partition coefficient (Wildman–Crippen LogP) is 3.50. The summed E-state index contributed by atoms with van der Waals surface area (Å²) in [6, 6.07) is 8.08. The third-order valence-corrected chi connectivity index (χ3v) is 6.60. The number of hydrogen-bond acceptors (Lipinski definition) is 5. The van der Waals surface area contributed by atoms with Gasteiger partial charge in [-0.1, -0.05) is 19.1 Å². The molecular formula is C17H17N3OS2. The van der Waals surface area contributed by atoms with Crippen LogP contribution in [0.1, 0.15) is 27.0 Å². The van der Waals surface area contributed by atoms with E-state index >= 15 is 0 Å². The Hall–Kier alpha value is -1.76. The van der Waals surface area contributed by atoms with Crippen molar-refractivity contribution in [2.45, 2.75) is 19.9 Å². The van der Waals surface area contributed by atoms with Crippen molar-refractivity contribution < 1.29 is 4.79 Å². The average Bonchev–Trinajstić information content (AvgIpc) is 3.14. The Balaban J connectivity index is 1.90. The molecule has 3 aromatic rings. The number of benzene rings is 1. The van der Waals surface area contributed by atoms with Gasteiger partial charge < -0.3 is 5.73 Å². The minimum absolute atomic E-state index is 0.346. The number of thiazole rings is 1. The summed E-state index contributed by atoms with van der Waals surface area (Å²) in [5.41, 5.74) is 8.89. The number of carbonyl (C=O) groups excluding carboxylic acids is 1. The molecule has 1 amide bonds. The van der Waals surface area contributed by atoms with Crippen LogP contribution in [0.4, 0.5) is 0 Å². The highest BCUT2D eigenvalue weighted by molar-refractivity contribution is 7.22. The van der Waals surface area contributed by atoms with Crippen molar-refractivity contribution in [2.24, 2.45) is 5.73 Å². The van der Waals surface area contributed by atoms with E-state index in [-0.39, 0.29) is 5.91 Å². The zero-order chi connectivity index (χ0) is 16.0. The molecule has 0 unspecified atom stereocenters. The molecule has 4 rings (SSSR count). The fourth-order valence-electron chi connectivity index (χ4n) is 3.11. The topological polar surface area (TPSA) is 59.2 Å². The Morgan fingerprint density at radius 2 is 2.17 bits per heavy atom. The van der Waals surface area contributed by atoms with Gasteiger partial charge >= 0.3 is 0 Å². The maximum atomic E-state index is 12.0. The van der Waals surface area contributed by atoms with Crippen LogP contribution < -0.4 is 5.73 Å². The van der Waals surface area contributed by atoms with E-state index in [0.717, 1.165) is 46.8 Å². The number of primary amides is 1.